The molecule has 0 atom stereocenters. The van der Waals surface area contributed by atoms with Gasteiger partial charge in [0.05, 0.1) is 12.8 Å². The third-order valence-electron chi connectivity index (χ3n) is 3.26. The molecule has 0 aliphatic heterocycles. The largest absolute Gasteiger partial charge is 0.494 e. The highest BCUT2D eigenvalue weighted by Crippen LogP contribution is 2.26. The van der Waals surface area contributed by atoms with Gasteiger partial charge in [-0.1, -0.05) is 6.92 Å². The maximum Gasteiger partial charge on any atom is 0.225 e. The van der Waals surface area contributed by atoms with Gasteiger partial charge in [0, 0.05) is 30.8 Å². The average molecular weight is 279 g/mol. The monoisotopic (exact) mass is 279 g/mol. The minimum absolute atomic E-state index is 0.0211. The molecule has 3 N–H and O–H groups in total. The molecule has 20 heavy (non-hydrogen) atoms. The van der Waals surface area contributed by atoms with Gasteiger partial charge < -0.3 is 20.7 Å². The van der Waals surface area contributed by atoms with Gasteiger partial charge in [-0.2, -0.15) is 0 Å². The van der Waals surface area contributed by atoms with E-state index in [4.69, 9.17) is 10.5 Å². The van der Waals surface area contributed by atoms with E-state index < -0.39 is 0 Å². The molecule has 1 aromatic rings. The molecule has 5 heteroatoms. The minimum atomic E-state index is -0.0211. The van der Waals surface area contributed by atoms with E-state index in [1.807, 2.05) is 0 Å². The van der Waals surface area contributed by atoms with E-state index in [0.717, 1.165) is 13.1 Å². The number of nitrogens with two attached hydrogens (primary N) is 1. The van der Waals surface area contributed by atoms with Crippen LogP contribution in [-0.2, 0) is 4.79 Å². The van der Waals surface area contributed by atoms with E-state index in [9.17, 15) is 4.79 Å². The molecular weight excluding hydrogens is 254 g/mol. The zero-order valence-electron chi connectivity index (χ0n) is 12.8. The molecule has 0 fully saturated rings. The van der Waals surface area contributed by atoms with Crippen molar-refractivity contribution in [2.75, 3.05) is 31.2 Å². The number of benzene rings is 1. The van der Waals surface area contributed by atoms with Crippen molar-refractivity contribution in [1.29, 1.82) is 0 Å². The number of nitrogens with zero attached hydrogens (tertiary/aromatic N) is 1. The first kappa shape index (κ1) is 16.3. The normalized spacial score (nSPS) is 10.9. The topological polar surface area (TPSA) is 67.6 Å². The van der Waals surface area contributed by atoms with Crippen LogP contribution in [0.2, 0.25) is 0 Å². The minimum Gasteiger partial charge on any atom is -0.494 e. The van der Waals surface area contributed by atoms with E-state index in [-0.39, 0.29) is 5.91 Å². The molecule has 1 rings (SSSR count). The number of carbonyl (C=O) groups is 1. The molecule has 0 aliphatic carbocycles. The van der Waals surface area contributed by atoms with E-state index >= 15 is 0 Å². The summed E-state index contributed by atoms with van der Waals surface area (Å²) in [5.41, 5.74) is 6.94. The molecule has 1 aromatic carbocycles. The summed E-state index contributed by atoms with van der Waals surface area (Å²) in [4.78, 5) is 14.2. The predicted molar refractivity (Wildman–Crippen MR) is 83.0 cm³/mol. The van der Waals surface area contributed by atoms with Crippen molar-refractivity contribution in [3.63, 3.8) is 0 Å². The van der Waals surface area contributed by atoms with Crippen LogP contribution in [-0.4, -0.2) is 37.0 Å². The van der Waals surface area contributed by atoms with E-state index in [1.54, 1.807) is 25.3 Å². The Morgan fingerprint density at radius 3 is 2.70 bits per heavy atom. The fourth-order valence-corrected chi connectivity index (χ4v) is 2.05. The fourth-order valence-electron chi connectivity index (χ4n) is 2.05. The lowest BCUT2D eigenvalue weighted by Crippen LogP contribution is -2.33. The van der Waals surface area contributed by atoms with Gasteiger partial charge in [0.15, 0.2) is 0 Å². The summed E-state index contributed by atoms with van der Waals surface area (Å²) in [5, 5.41) is 2.86. The molecule has 0 aliphatic rings. The first-order valence-electron chi connectivity index (χ1n) is 6.95. The zero-order chi connectivity index (χ0) is 15.1. The molecule has 0 radical (unpaired) electrons. The number of amides is 1. The van der Waals surface area contributed by atoms with Crippen molar-refractivity contribution < 1.29 is 9.53 Å². The lowest BCUT2D eigenvalue weighted by Gasteiger charge is -2.24. The van der Waals surface area contributed by atoms with Gasteiger partial charge in [-0.3, -0.25) is 4.79 Å². The average Bonchev–Trinajstić information content (AvgIpc) is 2.41. The summed E-state index contributed by atoms with van der Waals surface area (Å²) in [6.07, 6.45) is 0.458. The second-order valence-corrected chi connectivity index (χ2v) is 4.98. The molecule has 0 heterocycles. The molecule has 0 spiro atoms. The zero-order valence-corrected chi connectivity index (χ0v) is 12.8. The van der Waals surface area contributed by atoms with Gasteiger partial charge >= 0.3 is 0 Å². The second-order valence-electron chi connectivity index (χ2n) is 4.98. The Kier molecular flexibility index (Phi) is 6.31. The quantitative estimate of drug-likeness (QED) is 0.752. The Labute approximate surface area is 121 Å². The van der Waals surface area contributed by atoms with Crippen LogP contribution in [0, 0.1) is 0 Å². The number of carbonyl (C=O) groups excluding carboxylic acids is 1. The first-order chi connectivity index (χ1) is 9.47. The third-order valence-corrected chi connectivity index (χ3v) is 3.26. The van der Waals surface area contributed by atoms with Crippen molar-refractivity contribution >= 4 is 17.3 Å². The van der Waals surface area contributed by atoms with Gasteiger partial charge in [0.25, 0.3) is 0 Å². The number of methoxy groups -OCH3 is 1. The van der Waals surface area contributed by atoms with Crippen molar-refractivity contribution in [1.82, 2.24) is 4.90 Å². The third kappa shape index (κ3) is 4.74. The Hall–Kier alpha value is -1.75. The molecule has 0 saturated heterocycles. The van der Waals surface area contributed by atoms with Crippen LogP contribution < -0.4 is 15.8 Å². The summed E-state index contributed by atoms with van der Waals surface area (Å²) < 4.78 is 5.21. The highest BCUT2D eigenvalue weighted by atomic mass is 16.5. The SMILES string of the molecule is CCN(CCC(=O)Nc1ccc(N)cc1OC)C(C)C. The summed E-state index contributed by atoms with van der Waals surface area (Å²) >= 11 is 0. The van der Waals surface area contributed by atoms with Crippen LogP contribution in [0.3, 0.4) is 0 Å². The lowest BCUT2D eigenvalue weighted by atomic mass is 10.2. The van der Waals surface area contributed by atoms with Crippen molar-refractivity contribution in [3.05, 3.63) is 18.2 Å². The number of nitrogens with one attached hydrogen (secondary N) is 1. The van der Waals surface area contributed by atoms with Crippen LogP contribution >= 0.6 is 0 Å². The second kappa shape index (κ2) is 7.75. The Bertz CT molecular complexity index is 447. The van der Waals surface area contributed by atoms with Gasteiger partial charge in [0.2, 0.25) is 5.91 Å². The standard InChI is InChI=1S/C15H25N3O2/c1-5-18(11(2)3)9-8-15(19)17-13-7-6-12(16)10-14(13)20-4/h6-7,10-11H,5,8-9,16H2,1-4H3,(H,17,19). The van der Waals surface area contributed by atoms with Gasteiger partial charge in [-0.05, 0) is 32.5 Å². The van der Waals surface area contributed by atoms with E-state index in [2.05, 4.69) is 31.0 Å². The molecular formula is C15H25N3O2. The van der Waals surface area contributed by atoms with Crippen LogP contribution in [0.15, 0.2) is 18.2 Å². The van der Waals surface area contributed by atoms with Crippen molar-refractivity contribution in [2.45, 2.75) is 33.2 Å². The maximum atomic E-state index is 12.0. The fraction of sp³-hybridized carbons (Fsp3) is 0.533. The summed E-state index contributed by atoms with van der Waals surface area (Å²) in [6, 6.07) is 5.64. The molecule has 112 valence electrons. The summed E-state index contributed by atoms with van der Waals surface area (Å²) in [6.45, 7) is 8.04. The highest BCUT2D eigenvalue weighted by Gasteiger charge is 2.11. The number of rotatable bonds is 7. The number of hydrogen-bond acceptors (Lipinski definition) is 4. The summed E-state index contributed by atoms with van der Waals surface area (Å²) in [5.74, 6) is 0.557. The number of ether oxygens (including phenoxy) is 1. The first-order valence-corrected chi connectivity index (χ1v) is 6.95. The highest BCUT2D eigenvalue weighted by molar-refractivity contribution is 5.92. The summed E-state index contributed by atoms with van der Waals surface area (Å²) in [7, 11) is 1.56. The number of hydrogen-bond donors (Lipinski definition) is 2. The Morgan fingerprint density at radius 1 is 1.45 bits per heavy atom. The van der Waals surface area contributed by atoms with Gasteiger partial charge in [-0.25, -0.2) is 0 Å². The van der Waals surface area contributed by atoms with E-state index in [1.165, 1.54) is 0 Å². The Morgan fingerprint density at radius 2 is 2.15 bits per heavy atom. The molecule has 1 amide bonds. The molecule has 0 bridgehead atoms. The molecule has 0 saturated carbocycles. The molecule has 0 aromatic heterocycles. The van der Waals surface area contributed by atoms with Crippen LogP contribution in [0.25, 0.3) is 0 Å². The number of nitrogen functional groups attached to an aromatic ring is 1. The maximum absolute atomic E-state index is 12.0. The van der Waals surface area contributed by atoms with E-state index in [0.29, 0.717) is 29.6 Å². The van der Waals surface area contributed by atoms with Gasteiger partial charge in [-0.15, -0.1) is 0 Å². The molecule has 5 nitrogen and oxygen atoms in total. The van der Waals surface area contributed by atoms with Gasteiger partial charge in [0.1, 0.15) is 5.75 Å². The number of anilines is 2. The van der Waals surface area contributed by atoms with Crippen LogP contribution in [0.4, 0.5) is 11.4 Å². The smallest absolute Gasteiger partial charge is 0.225 e. The molecule has 0 unspecified atom stereocenters. The van der Waals surface area contributed by atoms with Crippen molar-refractivity contribution in [3.8, 4) is 5.75 Å². The Balaban J connectivity index is 2.58. The van der Waals surface area contributed by atoms with Crippen LogP contribution in [0.1, 0.15) is 27.2 Å². The predicted octanol–water partition coefficient (Wildman–Crippen LogP) is 2.34. The van der Waals surface area contributed by atoms with Crippen molar-refractivity contribution in [2.24, 2.45) is 0 Å². The lowest BCUT2D eigenvalue weighted by molar-refractivity contribution is -0.116. The van der Waals surface area contributed by atoms with Crippen LogP contribution in [0.5, 0.6) is 5.75 Å².